The Morgan fingerprint density at radius 2 is 1.04 bits per heavy atom. The minimum atomic E-state index is 0.550. The standard InChI is InChI=1S/C43H26N4O/c1-4-12-27(13-5-1)31-20-22-33-36(26-31)47(43-45-41(29-15-6-2-7-16-29)44-42(46-43)30-17-8-3-9-18-30)35-24-23-34-38-32-19-11-10-14-28(32)21-25-37(38)48-40(34)39(33)35/h1-26H. The number of nitrogens with zero attached hydrogens (tertiary/aromatic N) is 4. The van der Waals surface area contributed by atoms with Gasteiger partial charge in [-0.15, -0.1) is 0 Å². The fourth-order valence-corrected chi connectivity index (χ4v) is 7.03. The fraction of sp³-hybridized carbons (Fsp3) is 0. The topological polar surface area (TPSA) is 56.7 Å². The summed E-state index contributed by atoms with van der Waals surface area (Å²) in [7, 11) is 0. The summed E-state index contributed by atoms with van der Waals surface area (Å²) < 4.78 is 8.93. The van der Waals surface area contributed by atoms with Gasteiger partial charge in [-0.3, -0.25) is 4.57 Å². The van der Waals surface area contributed by atoms with Gasteiger partial charge in [0, 0.05) is 27.3 Å². The number of benzene rings is 7. The molecule has 0 aliphatic heterocycles. The number of fused-ring (bicyclic) bond motifs is 9. The van der Waals surface area contributed by atoms with Crippen molar-refractivity contribution in [2.75, 3.05) is 0 Å². The molecule has 10 rings (SSSR count). The molecule has 0 unspecified atom stereocenters. The van der Waals surface area contributed by atoms with Gasteiger partial charge in [-0.05, 0) is 46.2 Å². The summed E-state index contributed by atoms with van der Waals surface area (Å²) in [5.74, 6) is 1.78. The van der Waals surface area contributed by atoms with Gasteiger partial charge in [0.15, 0.2) is 11.6 Å². The van der Waals surface area contributed by atoms with Crippen LogP contribution in [0.4, 0.5) is 0 Å². The van der Waals surface area contributed by atoms with Crippen molar-refractivity contribution < 1.29 is 4.42 Å². The van der Waals surface area contributed by atoms with Crippen LogP contribution in [0.5, 0.6) is 0 Å². The van der Waals surface area contributed by atoms with Crippen molar-refractivity contribution in [3.05, 3.63) is 158 Å². The zero-order valence-corrected chi connectivity index (χ0v) is 25.7. The predicted molar refractivity (Wildman–Crippen MR) is 195 cm³/mol. The first-order valence-corrected chi connectivity index (χ1v) is 16.0. The summed E-state index contributed by atoms with van der Waals surface area (Å²) in [6, 6.07) is 54.4. The molecule has 0 fully saturated rings. The normalized spacial score (nSPS) is 11.8. The third-order valence-electron chi connectivity index (χ3n) is 9.25. The van der Waals surface area contributed by atoms with E-state index in [4.69, 9.17) is 19.4 Å². The molecular weight excluding hydrogens is 589 g/mol. The van der Waals surface area contributed by atoms with Gasteiger partial charge < -0.3 is 4.42 Å². The van der Waals surface area contributed by atoms with Gasteiger partial charge in [0.25, 0.3) is 0 Å². The summed E-state index contributed by atoms with van der Waals surface area (Å²) in [5, 5.41) is 6.69. The molecule has 0 spiro atoms. The molecule has 3 aromatic heterocycles. The van der Waals surface area contributed by atoms with E-state index in [9.17, 15) is 0 Å². The highest BCUT2D eigenvalue weighted by Gasteiger charge is 2.22. The van der Waals surface area contributed by atoms with E-state index in [1.54, 1.807) is 0 Å². The summed E-state index contributed by atoms with van der Waals surface area (Å²) in [4.78, 5) is 15.3. The molecule has 0 radical (unpaired) electrons. The Labute approximate surface area is 275 Å². The molecule has 7 aromatic carbocycles. The maximum Gasteiger partial charge on any atom is 0.238 e. The lowest BCUT2D eigenvalue weighted by molar-refractivity contribution is 0.673. The molecule has 0 saturated heterocycles. The second-order valence-electron chi connectivity index (χ2n) is 12.0. The van der Waals surface area contributed by atoms with Crippen LogP contribution in [0.3, 0.4) is 0 Å². The molecule has 0 N–H and O–H groups in total. The molecule has 3 heterocycles. The highest BCUT2D eigenvalue weighted by molar-refractivity contribution is 6.27. The van der Waals surface area contributed by atoms with Crippen molar-refractivity contribution in [3.63, 3.8) is 0 Å². The van der Waals surface area contributed by atoms with Gasteiger partial charge in [-0.25, -0.2) is 4.98 Å². The lowest BCUT2D eigenvalue weighted by Gasteiger charge is -2.11. The predicted octanol–water partition coefficient (Wildman–Crippen LogP) is 11.0. The van der Waals surface area contributed by atoms with Crippen LogP contribution in [0, 0.1) is 0 Å². The molecule has 0 aliphatic carbocycles. The third-order valence-corrected chi connectivity index (χ3v) is 9.25. The quantitative estimate of drug-likeness (QED) is 0.198. The number of hydrogen-bond donors (Lipinski definition) is 0. The highest BCUT2D eigenvalue weighted by atomic mass is 16.3. The highest BCUT2D eigenvalue weighted by Crippen LogP contribution is 2.43. The maximum atomic E-state index is 6.77. The molecule has 0 atom stereocenters. The van der Waals surface area contributed by atoms with Crippen LogP contribution in [-0.2, 0) is 0 Å². The van der Waals surface area contributed by atoms with Crippen molar-refractivity contribution in [1.82, 2.24) is 19.5 Å². The zero-order valence-electron chi connectivity index (χ0n) is 25.7. The SMILES string of the molecule is c1ccc(-c2ccc3c4c5oc6ccc7ccccc7c6c5ccc4n(-c4nc(-c5ccccc5)nc(-c5ccccc5)n4)c3c2)cc1. The summed E-state index contributed by atoms with van der Waals surface area (Å²) in [5.41, 5.74) is 7.79. The molecule has 0 bridgehead atoms. The third kappa shape index (κ3) is 4.08. The average molecular weight is 615 g/mol. The smallest absolute Gasteiger partial charge is 0.238 e. The molecular formula is C43H26N4O. The van der Waals surface area contributed by atoms with E-state index in [2.05, 4.69) is 95.6 Å². The van der Waals surface area contributed by atoms with Crippen LogP contribution >= 0.6 is 0 Å². The van der Waals surface area contributed by atoms with E-state index in [1.165, 1.54) is 10.8 Å². The van der Waals surface area contributed by atoms with E-state index in [0.717, 1.165) is 66.0 Å². The average Bonchev–Trinajstić information content (AvgIpc) is 3.71. The Morgan fingerprint density at radius 1 is 0.417 bits per heavy atom. The van der Waals surface area contributed by atoms with Gasteiger partial charge in [-0.2, -0.15) is 9.97 Å². The van der Waals surface area contributed by atoms with Crippen molar-refractivity contribution in [1.29, 1.82) is 0 Å². The van der Waals surface area contributed by atoms with Crippen molar-refractivity contribution in [2.45, 2.75) is 0 Å². The van der Waals surface area contributed by atoms with Crippen LogP contribution < -0.4 is 0 Å². The summed E-state index contributed by atoms with van der Waals surface area (Å²) in [6.45, 7) is 0. The van der Waals surface area contributed by atoms with E-state index < -0.39 is 0 Å². The van der Waals surface area contributed by atoms with Crippen LogP contribution in [-0.4, -0.2) is 19.5 Å². The van der Waals surface area contributed by atoms with Crippen LogP contribution in [0.25, 0.3) is 94.4 Å². The molecule has 5 nitrogen and oxygen atoms in total. The maximum absolute atomic E-state index is 6.77. The van der Waals surface area contributed by atoms with E-state index in [1.807, 2.05) is 66.7 Å². The van der Waals surface area contributed by atoms with E-state index >= 15 is 0 Å². The van der Waals surface area contributed by atoms with Crippen LogP contribution in [0.1, 0.15) is 0 Å². The molecule has 224 valence electrons. The van der Waals surface area contributed by atoms with Crippen LogP contribution in [0.15, 0.2) is 162 Å². The molecule has 0 aliphatic rings. The minimum Gasteiger partial charge on any atom is -0.455 e. The number of rotatable bonds is 4. The summed E-state index contributed by atoms with van der Waals surface area (Å²) >= 11 is 0. The van der Waals surface area contributed by atoms with Gasteiger partial charge in [0.05, 0.1) is 16.4 Å². The molecule has 48 heavy (non-hydrogen) atoms. The number of furan rings is 1. The van der Waals surface area contributed by atoms with Gasteiger partial charge >= 0.3 is 0 Å². The van der Waals surface area contributed by atoms with Gasteiger partial charge in [0.2, 0.25) is 5.95 Å². The molecule has 5 heteroatoms. The van der Waals surface area contributed by atoms with Crippen molar-refractivity contribution in [3.8, 4) is 39.9 Å². The minimum absolute atomic E-state index is 0.550. The van der Waals surface area contributed by atoms with E-state index in [-0.39, 0.29) is 0 Å². The Bertz CT molecular complexity index is 2760. The number of hydrogen-bond acceptors (Lipinski definition) is 4. The largest absolute Gasteiger partial charge is 0.455 e. The van der Waals surface area contributed by atoms with Gasteiger partial charge in [0.1, 0.15) is 11.2 Å². The van der Waals surface area contributed by atoms with E-state index in [0.29, 0.717) is 17.6 Å². The lowest BCUT2D eigenvalue weighted by atomic mass is 10.0. The van der Waals surface area contributed by atoms with Crippen molar-refractivity contribution >= 4 is 54.5 Å². The second kappa shape index (κ2) is 10.5. The number of aromatic nitrogens is 4. The second-order valence-corrected chi connectivity index (χ2v) is 12.0. The Kier molecular flexibility index (Phi) is 5.81. The molecule has 0 saturated carbocycles. The Hall–Kier alpha value is -6.59. The summed E-state index contributed by atoms with van der Waals surface area (Å²) in [6.07, 6.45) is 0. The Morgan fingerprint density at radius 3 is 1.75 bits per heavy atom. The molecule has 10 aromatic rings. The first-order valence-electron chi connectivity index (χ1n) is 16.0. The fourth-order valence-electron chi connectivity index (χ4n) is 7.03. The van der Waals surface area contributed by atoms with Gasteiger partial charge in [-0.1, -0.05) is 133 Å². The monoisotopic (exact) mass is 614 g/mol. The zero-order chi connectivity index (χ0) is 31.6. The lowest BCUT2D eigenvalue weighted by Crippen LogP contribution is -2.06. The molecule has 0 amide bonds. The van der Waals surface area contributed by atoms with Crippen LogP contribution in [0.2, 0.25) is 0 Å². The first-order chi connectivity index (χ1) is 23.8. The first kappa shape index (κ1) is 26.6. The Balaban J connectivity index is 1.34. The van der Waals surface area contributed by atoms with Crippen molar-refractivity contribution in [2.24, 2.45) is 0 Å².